The summed E-state index contributed by atoms with van der Waals surface area (Å²) in [5, 5.41) is 3.48. The molecular weight excluding hydrogens is 242 g/mol. The zero-order chi connectivity index (χ0) is 13.4. The van der Waals surface area contributed by atoms with Gasteiger partial charge in [-0.05, 0) is 24.3 Å². The monoisotopic (exact) mass is 259 g/mol. The highest BCUT2D eigenvalue weighted by atomic mass is 16.3. The molecule has 1 fully saturated rings. The maximum atomic E-state index is 12.4. The first kappa shape index (κ1) is 12.2. The number of piperidine rings is 1. The molecule has 3 rings (SSSR count). The molecule has 1 aliphatic heterocycles. The Morgan fingerprint density at radius 1 is 0.947 bits per heavy atom. The first-order chi connectivity index (χ1) is 9.18. The Morgan fingerprint density at radius 2 is 1.42 bits per heavy atom. The topological polar surface area (TPSA) is 55.4 Å². The molecule has 1 N–H and O–H groups in total. The molecule has 0 amide bonds. The van der Waals surface area contributed by atoms with E-state index in [9.17, 15) is 4.79 Å². The third-order valence-electron chi connectivity index (χ3n) is 3.96. The lowest BCUT2D eigenvalue weighted by Gasteiger charge is -2.37. The molecule has 0 unspecified atom stereocenters. The van der Waals surface area contributed by atoms with Crippen LogP contribution in [0, 0.1) is 11.8 Å². The second kappa shape index (κ2) is 4.70. The quantitative estimate of drug-likeness (QED) is 0.900. The van der Waals surface area contributed by atoms with Gasteiger partial charge in [-0.1, -0.05) is 13.8 Å². The summed E-state index contributed by atoms with van der Waals surface area (Å²) >= 11 is 0. The summed E-state index contributed by atoms with van der Waals surface area (Å²) in [6.45, 7) is 3.88. The average molecular weight is 259 g/mol. The van der Waals surface area contributed by atoms with Gasteiger partial charge in [0.2, 0.25) is 0 Å². The van der Waals surface area contributed by atoms with Crippen LogP contribution in [0.3, 0.4) is 0 Å². The van der Waals surface area contributed by atoms with Gasteiger partial charge in [-0.15, -0.1) is 0 Å². The lowest BCUT2D eigenvalue weighted by molar-refractivity contribution is -0.131. The van der Waals surface area contributed by atoms with Crippen molar-refractivity contribution in [2.24, 2.45) is 11.8 Å². The predicted molar refractivity (Wildman–Crippen MR) is 69.4 cm³/mol. The van der Waals surface area contributed by atoms with Gasteiger partial charge in [0.25, 0.3) is 0 Å². The van der Waals surface area contributed by atoms with Gasteiger partial charge in [-0.3, -0.25) is 10.1 Å². The van der Waals surface area contributed by atoms with E-state index >= 15 is 0 Å². The molecule has 0 aromatic carbocycles. The number of Topliss-reactive ketones (excluding diaryl/α,β-unsaturated/α-hetero) is 1. The highest BCUT2D eigenvalue weighted by Crippen LogP contribution is 2.38. The van der Waals surface area contributed by atoms with Crippen LogP contribution in [0.5, 0.6) is 0 Å². The third-order valence-corrected chi connectivity index (χ3v) is 3.96. The molecular formula is C15H17NO3. The minimum absolute atomic E-state index is 0.103. The van der Waals surface area contributed by atoms with E-state index in [0.29, 0.717) is 0 Å². The maximum absolute atomic E-state index is 12.4. The first-order valence-electron chi connectivity index (χ1n) is 6.55. The zero-order valence-corrected chi connectivity index (χ0v) is 11.0. The molecule has 4 atom stereocenters. The molecule has 4 heteroatoms. The second-order valence-corrected chi connectivity index (χ2v) is 5.13. The van der Waals surface area contributed by atoms with Crippen molar-refractivity contribution in [3.8, 4) is 0 Å². The van der Waals surface area contributed by atoms with Crippen molar-refractivity contribution >= 4 is 5.78 Å². The molecule has 2 aromatic rings. The lowest BCUT2D eigenvalue weighted by atomic mass is 9.79. The van der Waals surface area contributed by atoms with Crippen LogP contribution in [0.25, 0.3) is 0 Å². The number of carbonyl (C=O) groups excluding carboxylic acids is 1. The second-order valence-electron chi connectivity index (χ2n) is 5.13. The van der Waals surface area contributed by atoms with E-state index in [1.165, 1.54) is 0 Å². The highest BCUT2D eigenvalue weighted by molar-refractivity contribution is 5.85. The summed E-state index contributed by atoms with van der Waals surface area (Å²) in [5.74, 6) is 1.62. The van der Waals surface area contributed by atoms with Gasteiger partial charge in [0.15, 0.2) is 0 Å². The lowest BCUT2D eigenvalue weighted by Crippen LogP contribution is -2.46. The van der Waals surface area contributed by atoms with Gasteiger partial charge in [-0.2, -0.15) is 0 Å². The normalized spacial score (nSPS) is 31.6. The molecule has 0 radical (unpaired) electrons. The van der Waals surface area contributed by atoms with E-state index in [2.05, 4.69) is 5.32 Å². The highest BCUT2D eigenvalue weighted by Gasteiger charge is 2.42. The average Bonchev–Trinajstić information content (AvgIpc) is 3.08. The molecule has 0 saturated carbocycles. The Hall–Kier alpha value is -1.81. The van der Waals surface area contributed by atoms with Gasteiger partial charge in [0, 0.05) is 11.8 Å². The zero-order valence-electron chi connectivity index (χ0n) is 11.0. The molecule has 3 heterocycles. The summed E-state index contributed by atoms with van der Waals surface area (Å²) in [6.07, 6.45) is 3.27. The van der Waals surface area contributed by atoms with E-state index in [1.807, 2.05) is 38.1 Å². The Balaban J connectivity index is 1.93. The van der Waals surface area contributed by atoms with Crippen LogP contribution >= 0.6 is 0 Å². The number of ketones is 1. The van der Waals surface area contributed by atoms with Gasteiger partial charge in [-0.25, -0.2) is 0 Å². The maximum Gasteiger partial charge on any atom is 0.142 e. The third kappa shape index (κ3) is 2.02. The fourth-order valence-corrected chi connectivity index (χ4v) is 2.82. The molecule has 100 valence electrons. The van der Waals surface area contributed by atoms with Crippen molar-refractivity contribution in [3.05, 3.63) is 48.3 Å². The molecule has 1 saturated heterocycles. The Bertz CT molecular complexity index is 496. The van der Waals surface area contributed by atoms with Crippen LogP contribution in [-0.2, 0) is 4.79 Å². The first-order valence-corrected chi connectivity index (χ1v) is 6.55. The number of hydrogen-bond acceptors (Lipinski definition) is 4. The van der Waals surface area contributed by atoms with E-state index in [-0.39, 0.29) is 29.7 Å². The van der Waals surface area contributed by atoms with Crippen LogP contribution in [0.15, 0.2) is 45.6 Å². The summed E-state index contributed by atoms with van der Waals surface area (Å²) in [5.41, 5.74) is 0. The Labute approximate surface area is 111 Å². The minimum Gasteiger partial charge on any atom is -0.468 e. The molecule has 19 heavy (non-hydrogen) atoms. The molecule has 0 bridgehead atoms. The van der Waals surface area contributed by atoms with Gasteiger partial charge < -0.3 is 8.83 Å². The Kier molecular flexibility index (Phi) is 3.03. The van der Waals surface area contributed by atoms with Gasteiger partial charge >= 0.3 is 0 Å². The molecule has 0 spiro atoms. The fourth-order valence-electron chi connectivity index (χ4n) is 2.82. The number of nitrogens with one attached hydrogen (secondary N) is 1. The van der Waals surface area contributed by atoms with Crippen LogP contribution in [-0.4, -0.2) is 5.78 Å². The van der Waals surface area contributed by atoms with E-state index in [0.717, 1.165) is 11.5 Å². The van der Waals surface area contributed by atoms with Crippen LogP contribution < -0.4 is 5.32 Å². The molecule has 1 aliphatic rings. The standard InChI is InChI=1S/C15H17NO3/c1-9-13(11-5-3-7-18-11)16-14(10(2)15(9)17)12-6-4-8-19-12/h3-10,13-14,16H,1-2H3/t9-,10-,13-,14-/m0/s1. The smallest absolute Gasteiger partial charge is 0.142 e. The molecule has 2 aromatic heterocycles. The predicted octanol–water partition coefficient (Wildman–Crippen LogP) is 3.10. The fraction of sp³-hybridized carbons (Fsp3) is 0.400. The van der Waals surface area contributed by atoms with E-state index < -0.39 is 0 Å². The largest absolute Gasteiger partial charge is 0.468 e. The van der Waals surface area contributed by atoms with Crippen molar-refractivity contribution in [3.63, 3.8) is 0 Å². The summed E-state index contributed by atoms with van der Waals surface area (Å²) in [4.78, 5) is 12.4. The minimum atomic E-state index is -0.104. The SMILES string of the molecule is C[C@@H]1C(=O)[C@@H](C)[C@@H](c2ccco2)N[C@@H]1c1ccco1. The van der Waals surface area contributed by atoms with Crippen LogP contribution in [0.1, 0.15) is 37.5 Å². The van der Waals surface area contributed by atoms with Crippen LogP contribution in [0.4, 0.5) is 0 Å². The van der Waals surface area contributed by atoms with Crippen LogP contribution in [0.2, 0.25) is 0 Å². The molecule has 0 aliphatic carbocycles. The van der Waals surface area contributed by atoms with Crippen molar-refractivity contribution in [2.75, 3.05) is 0 Å². The van der Waals surface area contributed by atoms with Crippen molar-refractivity contribution in [1.82, 2.24) is 5.32 Å². The van der Waals surface area contributed by atoms with E-state index in [1.54, 1.807) is 12.5 Å². The summed E-state index contributed by atoms with van der Waals surface area (Å²) in [7, 11) is 0. The van der Waals surface area contributed by atoms with E-state index in [4.69, 9.17) is 8.83 Å². The summed E-state index contributed by atoms with van der Waals surface area (Å²) in [6, 6.07) is 7.28. The Morgan fingerprint density at radius 3 is 1.79 bits per heavy atom. The van der Waals surface area contributed by atoms with Crippen molar-refractivity contribution in [1.29, 1.82) is 0 Å². The summed E-state index contributed by atoms with van der Waals surface area (Å²) < 4.78 is 10.9. The number of furan rings is 2. The molecule has 4 nitrogen and oxygen atoms in total. The van der Waals surface area contributed by atoms with Crippen molar-refractivity contribution < 1.29 is 13.6 Å². The number of rotatable bonds is 2. The van der Waals surface area contributed by atoms with Gasteiger partial charge in [0.05, 0.1) is 24.6 Å². The van der Waals surface area contributed by atoms with Gasteiger partial charge in [0.1, 0.15) is 17.3 Å². The number of carbonyl (C=O) groups is 1. The van der Waals surface area contributed by atoms with Crippen molar-refractivity contribution in [2.45, 2.75) is 25.9 Å². The number of hydrogen-bond donors (Lipinski definition) is 1.